The Labute approximate surface area is 168 Å². The number of anilines is 1. The van der Waals surface area contributed by atoms with Crippen LogP contribution in [0, 0.1) is 0 Å². The molecule has 148 valence electrons. The monoisotopic (exact) mass is 377 g/mol. The summed E-state index contributed by atoms with van der Waals surface area (Å²) in [4.78, 5) is 17.0. The zero-order valence-electron chi connectivity index (χ0n) is 17.2. The molecule has 0 aromatic heterocycles. The molecule has 28 heavy (non-hydrogen) atoms. The number of rotatable bonds is 6. The van der Waals surface area contributed by atoms with Crippen molar-refractivity contribution < 1.29 is 4.79 Å². The minimum absolute atomic E-state index is 0.0684. The van der Waals surface area contributed by atoms with Crippen LogP contribution in [0.3, 0.4) is 0 Å². The Balaban J connectivity index is 1.57. The topological polar surface area (TPSA) is 35.6 Å². The van der Waals surface area contributed by atoms with Gasteiger partial charge in [-0.1, -0.05) is 56.3 Å². The number of nitrogens with zero attached hydrogens (tertiary/aromatic N) is 2. The van der Waals surface area contributed by atoms with E-state index >= 15 is 0 Å². The number of likely N-dealkylation sites (N-methyl/N-ethyl adjacent to an activating group) is 1. The normalized spacial score (nSPS) is 15.4. The highest BCUT2D eigenvalue weighted by Gasteiger charge is 2.16. The summed E-state index contributed by atoms with van der Waals surface area (Å²) in [5.41, 5.74) is 4.73. The average Bonchev–Trinajstić information content (AvgIpc) is 2.72. The van der Waals surface area contributed by atoms with Crippen LogP contribution in [0.25, 0.3) is 6.08 Å². The number of nitrogens with one attached hydrogen (secondary N) is 1. The third-order valence-electron chi connectivity index (χ3n) is 5.32. The molecule has 0 saturated carbocycles. The van der Waals surface area contributed by atoms with E-state index in [1.165, 1.54) is 11.3 Å². The van der Waals surface area contributed by atoms with Crippen molar-refractivity contribution in [1.82, 2.24) is 10.2 Å². The molecule has 1 aliphatic heterocycles. The lowest BCUT2D eigenvalue weighted by atomic mass is 10.0. The van der Waals surface area contributed by atoms with E-state index in [1.807, 2.05) is 12.1 Å². The number of benzene rings is 2. The van der Waals surface area contributed by atoms with Crippen molar-refractivity contribution in [2.45, 2.75) is 26.3 Å². The first kappa shape index (κ1) is 20.2. The van der Waals surface area contributed by atoms with Crippen molar-refractivity contribution in [3.05, 3.63) is 71.3 Å². The molecule has 2 aromatic carbocycles. The number of carbonyl (C=O) groups excluding carboxylic acids is 1. The summed E-state index contributed by atoms with van der Waals surface area (Å²) >= 11 is 0. The molecule has 1 fully saturated rings. The summed E-state index contributed by atoms with van der Waals surface area (Å²) in [6, 6.07) is 16.7. The second kappa shape index (κ2) is 9.56. The molecule has 1 aliphatic rings. The van der Waals surface area contributed by atoms with Crippen LogP contribution in [0.1, 0.15) is 36.5 Å². The van der Waals surface area contributed by atoms with Crippen molar-refractivity contribution in [2.24, 2.45) is 0 Å². The van der Waals surface area contributed by atoms with E-state index in [-0.39, 0.29) is 5.91 Å². The quantitative estimate of drug-likeness (QED) is 0.776. The fraction of sp³-hybridized carbons (Fsp3) is 0.375. The van der Waals surface area contributed by atoms with Gasteiger partial charge in [-0.05, 0) is 41.8 Å². The Morgan fingerprint density at radius 1 is 1.04 bits per heavy atom. The molecule has 0 spiro atoms. The summed E-state index contributed by atoms with van der Waals surface area (Å²) in [7, 11) is 2.16. The van der Waals surface area contributed by atoms with Gasteiger partial charge in [0.25, 0.3) is 0 Å². The summed E-state index contributed by atoms with van der Waals surface area (Å²) in [6.45, 7) is 9.08. The van der Waals surface area contributed by atoms with Gasteiger partial charge in [0.1, 0.15) is 0 Å². The van der Waals surface area contributed by atoms with E-state index in [0.29, 0.717) is 12.5 Å². The van der Waals surface area contributed by atoms with Crippen molar-refractivity contribution in [3.63, 3.8) is 0 Å². The number of amides is 1. The minimum atomic E-state index is -0.0684. The lowest BCUT2D eigenvalue weighted by molar-refractivity contribution is -0.116. The number of para-hydroxylation sites is 1. The minimum Gasteiger partial charge on any atom is -0.369 e. The first-order valence-corrected chi connectivity index (χ1v) is 10.1. The van der Waals surface area contributed by atoms with Crippen LogP contribution in [0.4, 0.5) is 5.69 Å². The maximum Gasteiger partial charge on any atom is 0.244 e. The molecule has 3 rings (SSSR count). The third kappa shape index (κ3) is 5.46. The van der Waals surface area contributed by atoms with E-state index in [2.05, 4.69) is 78.5 Å². The lowest BCUT2D eigenvalue weighted by Gasteiger charge is -2.35. The Kier molecular flexibility index (Phi) is 6.88. The van der Waals surface area contributed by atoms with Gasteiger partial charge in [-0.25, -0.2) is 0 Å². The van der Waals surface area contributed by atoms with Crippen molar-refractivity contribution >= 4 is 17.7 Å². The van der Waals surface area contributed by atoms with Gasteiger partial charge in [0.15, 0.2) is 0 Å². The van der Waals surface area contributed by atoms with Crippen LogP contribution in [-0.2, 0) is 11.3 Å². The first-order valence-electron chi connectivity index (χ1n) is 10.1. The molecule has 4 heteroatoms. The average molecular weight is 378 g/mol. The fourth-order valence-electron chi connectivity index (χ4n) is 3.42. The predicted octanol–water partition coefficient (Wildman–Crippen LogP) is 3.89. The van der Waals surface area contributed by atoms with Gasteiger partial charge in [0, 0.05) is 44.5 Å². The number of hydrogen-bond donors (Lipinski definition) is 1. The molecule has 0 bridgehead atoms. The van der Waals surface area contributed by atoms with Crippen LogP contribution in [0.5, 0.6) is 0 Å². The molecule has 4 nitrogen and oxygen atoms in total. The van der Waals surface area contributed by atoms with E-state index in [0.717, 1.165) is 37.3 Å². The number of piperazine rings is 1. The van der Waals surface area contributed by atoms with Crippen LogP contribution < -0.4 is 10.2 Å². The molecule has 0 radical (unpaired) electrons. The molecule has 1 saturated heterocycles. The Morgan fingerprint density at radius 2 is 1.71 bits per heavy atom. The highest BCUT2D eigenvalue weighted by molar-refractivity contribution is 5.91. The van der Waals surface area contributed by atoms with Crippen molar-refractivity contribution in [1.29, 1.82) is 0 Å². The maximum atomic E-state index is 12.3. The number of hydrogen-bond acceptors (Lipinski definition) is 3. The second-order valence-electron chi connectivity index (χ2n) is 7.79. The summed E-state index contributed by atoms with van der Waals surface area (Å²) in [6.07, 6.45) is 3.48. The second-order valence-corrected chi connectivity index (χ2v) is 7.79. The van der Waals surface area contributed by atoms with Gasteiger partial charge >= 0.3 is 0 Å². The van der Waals surface area contributed by atoms with Gasteiger partial charge < -0.3 is 15.1 Å². The molecule has 0 atom stereocenters. The van der Waals surface area contributed by atoms with Crippen molar-refractivity contribution in [2.75, 3.05) is 38.1 Å². The van der Waals surface area contributed by atoms with Crippen LogP contribution in [0.2, 0.25) is 0 Å². The van der Waals surface area contributed by atoms with Crippen LogP contribution in [-0.4, -0.2) is 44.0 Å². The Bertz CT molecular complexity index is 803. The zero-order valence-corrected chi connectivity index (χ0v) is 17.2. The standard InChI is InChI=1S/C24H31N3O/c1-19(2)21-11-8-20(9-12-21)10-13-24(28)25-18-22-6-4-5-7-23(22)27-16-14-26(3)15-17-27/h4-13,19H,14-18H2,1-3H3,(H,25,28)/b13-10+. The highest BCUT2D eigenvalue weighted by Crippen LogP contribution is 2.21. The van der Waals surface area contributed by atoms with Crippen molar-refractivity contribution in [3.8, 4) is 0 Å². The Morgan fingerprint density at radius 3 is 2.39 bits per heavy atom. The summed E-state index contributed by atoms with van der Waals surface area (Å²) < 4.78 is 0. The fourth-order valence-corrected chi connectivity index (χ4v) is 3.42. The number of carbonyl (C=O) groups is 1. The van der Waals surface area contributed by atoms with Gasteiger partial charge in [0.05, 0.1) is 0 Å². The molecular weight excluding hydrogens is 346 g/mol. The smallest absolute Gasteiger partial charge is 0.244 e. The summed E-state index contributed by atoms with van der Waals surface area (Å²) in [5, 5.41) is 3.02. The van der Waals surface area contributed by atoms with Gasteiger partial charge in [-0.2, -0.15) is 0 Å². The van der Waals surface area contributed by atoms with Crippen LogP contribution >= 0.6 is 0 Å². The molecule has 1 amide bonds. The predicted molar refractivity (Wildman–Crippen MR) is 118 cm³/mol. The van der Waals surface area contributed by atoms with E-state index in [9.17, 15) is 4.79 Å². The zero-order chi connectivity index (χ0) is 19.9. The molecule has 0 aliphatic carbocycles. The maximum absolute atomic E-state index is 12.3. The molecular formula is C24H31N3O. The SMILES string of the molecule is CC(C)c1ccc(/C=C/C(=O)NCc2ccccc2N2CCN(C)CC2)cc1. The Hall–Kier alpha value is -2.59. The lowest BCUT2D eigenvalue weighted by Crippen LogP contribution is -2.45. The third-order valence-corrected chi connectivity index (χ3v) is 5.32. The van der Waals surface area contributed by atoms with Gasteiger partial charge in [-0.15, -0.1) is 0 Å². The van der Waals surface area contributed by atoms with E-state index in [1.54, 1.807) is 6.08 Å². The molecule has 0 unspecified atom stereocenters. The highest BCUT2D eigenvalue weighted by atomic mass is 16.1. The molecule has 1 N–H and O–H groups in total. The summed E-state index contributed by atoms with van der Waals surface area (Å²) in [5.74, 6) is 0.447. The van der Waals surface area contributed by atoms with E-state index in [4.69, 9.17) is 0 Å². The largest absolute Gasteiger partial charge is 0.369 e. The van der Waals surface area contributed by atoms with Gasteiger partial charge in [-0.3, -0.25) is 4.79 Å². The van der Waals surface area contributed by atoms with Crippen LogP contribution in [0.15, 0.2) is 54.6 Å². The molecule has 2 aromatic rings. The first-order chi connectivity index (χ1) is 13.5. The van der Waals surface area contributed by atoms with E-state index < -0.39 is 0 Å². The molecule has 1 heterocycles. The van der Waals surface area contributed by atoms with Gasteiger partial charge in [0.2, 0.25) is 5.91 Å².